The Labute approximate surface area is 145 Å². The van der Waals surface area contributed by atoms with Crippen LogP contribution in [0.5, 0.6) is 5.75 Å². The Bertz CT molecular complexity index is 820. The Morgan fingerprint density at radius 1 is 1.04 bits per heavy atom. The fraction of sp³-hybridized carbons (Fsp3) is 0.111. The van der Waals surface area contributed by atoms with Crippen LogP contribution in [-0.4, -0.2) is 28.0 Å². The SMILES string of the molecule is COc1ccc(Nc2ncc(C(=O)NCc3ccncc3)cn2)cc1. The largest absolute Gasteiger partial charge is 0.497 e. The predicted molar refractivity (Wildman–Crippen MR) is 93.7 cm³/mol. The Balaban J connectivity index is 1.58. The average molecular weight is 335 g/mol. The second-order valence-electron chi connectivity index (χ2n) is 5.19. The fourth-order valence-corrected chi connectivity index (χ4v) is 2.10. The Kier molecular flexibility index (Phi) is 5.16. The van der Waals surface area contributed by atoms with E-state index in [1.54, 1.807) is 19.5 Å². The van der Waals surface area contributed by atoms with Crippen molar-refractivity contribution in [2.24, 2.45) is 0 Å². The smallest absolute Gasteiger partial charge is 0.254 e. The molecule has 7 nitrogen and oxygen atoms in total. The molecule has 0 fully saturated rings. The van der Waals surface area contributed by atoms with E-state index in [-0.39, 0.29) is 5.91 Å². The van der Waals surface area contributed by atoms with Crippen LogP contribution in [0.3, 0.4) is 0 Å². The number of methoxy groups -OCH3 is 1. The van der Waals surface area contributed by atoms with Crippen molar-refractivity contribution < 1.29 is 9.53 Å². The zero-order chi connectivity index (χ0) is 17.5. The van der Waals surface area contributed by atoms with Crippen molar-refractivity contribution in [3.63, 3.8) is 0 Å². The standard InChI is InChI=1S/C18H17N5O2/c1-25-16-4-2-15(3-5-16)23-18-21-11-14(12-22-18)17(24)20-10-13-6-8-19-9-7-13/h2-9,11-12H,10H2,1H3,(H,20,24)(H,21,22,23). The first kappa shape index (κ1) is 16.4. The van der Waals surface area contributed by atoms with Crippen LogP contribution < -0.4 is 15.4 Å². The van der Waals surface area contributed by atoms with Crippen molar-refractivity contribution in [3.05, 3.63) is 72.3 Å². The van der Waals surface area contributed by atoms with Crippen molar-refractivity contribution in [3.8, 4) is 5.75 Å². The van der Waals surface area contributed by atoms with Gasteiger partial charge in [0.1, 0.15) is 5.75 Å². The van der Waals surface area contributed by atoms with Gasteiger partial charge in [-0.25, -0.2) is 9.97 Å². The van der Waals surface area contributed by atoms with Crippen LogP contribution in [0.15, 0.2) is 61.2 Å². The van der Waals surface area contributed by atoms with Crippen molar-refractivity contribution in [1.29, 1.82) is 0 Å². The number of rotatable bonds is 6. The number of benzene rings is 1. The van der Waals surface area contributed by atoms with E-state index >= 15 is 0 Å². The quantitative estimate of drug-likeness (QED) is 0.720. The number of pyridine rings is 1. The molecule has 126 valence electrons. The number of hydrogen-bond acceptors (Lipinski definition) is 6. The van der Waals surface area contributed by atoms with E-state index in [1.165, 1.54) is 12.4 Å². The lowest BCUT2D eigenvalue weighted by molar-refractivity contribution is 0.0950. The minimum absolute atomic E-state index is 0.229. The average Bonchev–Trinajstić information content (AvgIpc) is 2.68. The number of nitrogens with one attached hydrogen (secondary N) is 2. The van der Waals surface area contributed by atoms with Crippen molar-refractivity contribution in [2.45, 2.75) is 6.54 Å². The highest BCUT2D eigenvalue weighted by Crippen LogP contribution is 2.17. The van der Waals surface area contributed by atoms with Crippen LogP contribution in [-0.2, 0) is 6.54 Å². The highest BCUT2D eigenvalue weighted by Gasteiger charge is 2.07. The zero-order valence-corrected chi connectivity index (χ0v) is 13.6. The van der Waals surface area contributed by atoms with Gasteiger partial charge in [0.15, 0.2) is 0 Å². The normalized spacial score (nSPS) is 10.1. The molecule has 0 bridgehead atoms. The number of carbonyl (C=O) groups excluding carboxylic acids is 1. The molecule has 0 aliphatic rings. The molecule has 0 saturated heterocycles. The van der Waals surface area contributed by atoms with Gasteiger partial charge in [-0.1, -0.05) is 0 Å². The third-order valence-corrected chi connectivity index (χ3v) is 3.46. The molecule has 25 heavy (non-hydrogen) atoms. The van der Waals surface area contributed by atoms with Crippen LogP contribution in [0.2, 0.25) is 0 Å². The molecule has 7 heteroatoms. The molecule has 3 aromatic rings. The molecule has 0 saturated carbocycles. The number of nitrogens with zero attached hydrogens (tertiary/aromatic N) is 3. The summed E-state index contributed by atoms with van der Waals surface area (Å²) < 4.78 is 5.11. The Morgan fingerprint density at radius 2 is 1.72 bits per heavy atom. The molecule has 0 aliphatic heterocycles. The number of amides is 1. The maximum Gasteiger partial charge on any atom is 0.254 e. The van der Waals surface area contributed by atoms with Crippen molar-refractivity contribution in [1.82, 2.24) is 20.3 Å². The van der Waals surface area contributed by atoms with E-state index < -0.39 is 0 Å². The van der Waals surface area contributed by atoms with E-state index in [9.17, 15) is 4.79 Å². The molecular formula is C18H17N5O2. The monoisotopic (exact) mass is 335 g/mol. The maximum absolute atomic E-state index is 12.1. The second kappa shape index (κ2) is 7.87. The minimum atomic E-state index is -0.229. The van der Waals surface area contributed by atoms with Crippen LogP contribution in [0, 0.1) is 0 Å². The van der Waals surface area contributed by atoms with E-state index in [2.05, 4.69) is 25.6 Å². The Hall–Kier alpha value is -3.48. The summed E-state index contributed by atoms with van der Waals surface area (Å²) in [7, 11) is 1.62. The third-order valence-electron chi connectivity index (χ3n) is 3.46. The molecule has 2 heterocycles. The molecule has 0 radical (unpaired) electrons. The summed E-state index contributed by atoms with van der Waals surface area (Å²) in [4.78, 5) is 24.4. The fourth-order valence-electron chi connectivity index (χ4n) is 2.10. The minimum Gasteiger partial charge on any atom is -0.497 e. The summed E-state index contributed by atoms with van der Waals surface area (Å²) in [6, 6.07) is 11.1. The van der Waals surface area contributed by atoms with Crippen molar-refractivity contribution in [2.75, 3.05) is 12.4 Å². The molecule has 3 rings (SSSR count). The van der Waals surface area contributed by atoms with Crippen LogP contribution in [0.4, 0.5) is 11.6 Å². The van der Waals surface area contributed by atoms with Gasteiger partial charge in [-0.15, -0.1) is 0 Å². The summed E-state index contributed by atoms with van der Waals surface area (Å²) in [6.45, 7) is 0.424. The van der Waals surface area contributed by atoms with Crippen molar-refractivity contribution >= 4 is 17.5 Å². The van der Waals surface area contributed by atoms with E-state index in [0.29, 0.717) is 18.1 Å². The first-order valence-electron chi connectivity index (χ1n) is 7.65. The zero-order valence-electron chi connectivity index (χ0n) is 13.6. The first-order chi connectivity index (χ1) is 12.2. The van der Waals surface area contributed by atoms with Gasteiger partial charge in [-0.05, 0) is 42.0 Å². The molecule has 1 aromatic carbocycles. The number of anilines is 2. The summed E-state index contributed by atoms with van der Waals surface area (Å²) in [5, 5.41) is 5.88. The molecular weight excluding hydrogens is 318 g/mol. The van der Waals surface area contributed by atoms with Crippen LogP contribution in [0.1, 0.15) is 15.9 Å². The summed E-state index contributed by atoms with van der Waals surface area (Å²) >= 11 is 0. The molecule has 0 atom stereocenters. The van der Waals surface area contributed by atoms with Gasteiger partial charge in [-0.2, -0.15) is 0 Å². The summed E-state index contributed by atoms with van der Waals surface area (Å²) in [6.07, 6.45) is 6.34. The van der Waals surface area contributed by atoms with Gasteiger partial charge in [0.05, 0.1) is 12.7 Å². The lowest BCUT2D eigenvalue weighted by atomic mass is 10.2. The van der Waals surface area contributed by atoms with Gasteiger partial charge >= 0.3 is 0 Å². The highest BCUT2D eigenvalue weighted by molar-refractivity contribution is 5.93. The second-order valence-corrected chi connectivity index (χ2v) is 5.19. The van der Waals surface area contributed by atoms with E-state index in [0.717, 1.165) is 17.0 Å². The highest BCUT2D eigenvalue weighted by atomic mass is 16.5. The van der Waals surface area contributed by atoms with Gasteiger partial charge in [0.2, 0.25) is 5.95 Å². The van der Waals surface area contributed by atoms with Crippen LogP contribution in [0.25, 0.3) is 0 Å². The number of ether oxygens (including phenoxy) is 1. The molecule has 2 N–H and O–H groups in total. The maximum atomic E-state index is 12.1. The molecule has 0 spiro atoms. The molecule has 2 aromatic heterocycles. The Morgan fingerprint density at radius 3 is 2.36 bits per heavy atom. The van der Waals surface area contributed by atoms with E-state index in [4.69, 9.17) is 4.74 Å². The number of carbonyl (C=O) groups is 1. The molecule has 1 amide bonds. The van der Waals surface area contributed by atoms with Gasteiger partial charge in [-0.3, -0.25) is 9.78 Å². The summed E-state index contributed by atoms with van der Waals surface area (Å²) in [5.74, 6) is 0.955. The van der Waals surface area contributed by atoms with E-state index in [1.807, 2.05) is 36.4 Å². The lowest BCUT2D eigenvalue weighted by Crippen LogP contribution is -2.23. The number of aromatic nitrogens is 3. The third kappa shape index (κ3) is 4.51. The molecule has 0 aliphatic carbocycles. The van der Waals surface area contributed by atoms with Crippen LogP contribution >= 0.6 is 0 Å². The topological polar surface area (TPSA) is 89.0 Å². The van der Waals surface area contributed by atoms with Gasteiger partial charge in [0.25, 0.3) is 5.91 Å². The predicted octanol–water partition coefficient (Wildman–Crippen LogP) is 2.55. The number of hydrogen-bond donors (Lipinski definition) is 2. The van der Waals surface area contributed by atoms with Gasteiger partial charge in [0, 0.05) is 37.0 Å². The first-order valence-corrected chi connectivity index (χ1v) is 7.65. The molecule has 0 unspecified atom stereocenters. The van der Waals surface area contributed by atoms with Gasteiger partial charge < -0.3 is 15.4 Å². The summed E-state index contributed by atoms with van der Waals surface area (Å²) in [5.41, 5.74) is 2.20. The lowest BCUT2D eigenvalue weighted by Gasteiger charge is -2.07.